The zero-order valence-corrected chi connectivity index (χ0v) is 18.9. The molecule has 2 heterocycles. The van der Waals surface area contributed by atoms with Crippen molar-refractivity contribution >= 4 is 38.4 Å². The van der Waals surface area contributed by atoms with Crippen LogP contribution in [-0.4, -0.2) is 68.3 Å². The van der Waals surface area contributed by atoms with E-state index in [1.807, 2.05) is 38.1 Å². The molecule has 10 heteroatoms. The number of amides is 1. The maximum absolute atomic E-state index is 12.2. The average molecular weight is 456 g/mol. The molecule has 2 aliphatic heterocycles. The summed E-state index contributed by atoms with van der Waals surface area (Å²) in [4.78, 5) is 16.6. The number of carbonyl (C=O) groups excluding carboxylic acids is 1. The number of hydrogen-bond acceptors (Lipinski definition) is 8. The summed E-state index contributed by atoms with van der Waals surface area (Å²) in [5, 5.41) is 6.90. The van der Waals surface area contributed by atoms with Crippen LogP contribution in [0.1, 0.15) is 25.8 Å². The lowest BCUT2D eigenvalue weighted by Crippen LogP contribution is -2.30. The fourth-order valence-electron chi connectivity index (χ4n) is 3.41. The van der Waals surface area contributed by atoms with E-state index in [1.165, 1.54) is 11.8 Å². The van der Waals surface area contributed by atoms with E-state index in [-0.39, 0.29) is 35.0 Å². The molecule has 1 saturated heterocycles. The van der Waals surface area contributed by atoms with Crippen molar-refractivity contribution in [3.8, 4) is 0 Å². The highest BCUT2D eigenvalue weighted by Crippen LogP contribution is 2.34. The summed E-state index contributed by atoms with van der Waals surface area (Å²) in [6.45, 7) is 5.47. The van der Waals surface area contributed by atoms with Crippen molar-refractivity contribution in [3.05, 3.63) is 29.8 Å². The van der Waals surface area contributed by atoms with Crippen molar-refractivity contribution in [1.82, 2.24) is 5.32 Å². The van der Waals surface area contributed by atoms with E-state index < -0.39 is 9.84 Å². The van der Waals surface area contributed by atoms with Gasteiger partial charge in [0.05, 0.1) is 24.0 Å². The lowest BCUT2D eigenvalue weighted by Gasteiger charge is -2.17. The Bertz CT molecular complexity index is 852. The summed E-state index contributed by atoms with van der Waals surface area (Å²) < 4.78 is 34.2. The summed E-state index contributed by atoms with van der Waals surface area (Å²) in [7, 11) is -2.94. The molecule has 0 aliphatic carbocycles. The van der Waals surface area contributed by atoms with Crippen molar-refractivity contribution < 1.29 is 22.7 Å². The molecule has 3 rings (SSSR count). The van der Waals surface area contributed by atoms with Crippen LogP contribution >= 0.6 is 11.8 Å². The molecule has 0 radical (unpaired) electrons. The average Bonchev–Trinajstić information content (AvgIpc) is 3.16. The third-order valence-corrected chi connectivity index (χ3v) is 7.94. The normalized spacial score (nSPS) is 22.0. The molecule has 0 bridgehead atoms. The number of thioether (sulfide) groups is 1. The maximum atomic E-state index is 12.2. The molecule has 30 heavy (non-hydrogen) atoms. The summed E-state index contributed by atoms with van der Waals surface area (Å²) in [5.74, 6) is 0.285. The monoisotopic (exact) mass is 455 g/mol. The van der Waals surface area contributed by atoms with Crippen LogP contribution in [0.2, 0.25) is 0 Å². The third kappa shape index (κ3) is 6.69. The van der Waals surface area contributed by atoms with Crippen molar-refractivity contribution in [3.63, 3.8) is 0 Å². The molecular formula is C20H29N3O5S2. The van der Waals surface area contributed by atoms with Gasteiger partial charge in [0.25, 0.3) is 0 Å². The van der Waals surface area contributed by atoms with E-state index in [1.54, 1.807) is 0 Å². The first kappa shape index (κ1) is 23.1. The number of hydrogen-bond donors (Lipinski definition) is 2. The van der Waals surface area contributed by atoms with E-state index >= 15 is 0 Å². The van der Waals surface area contributed by atoms with Gasteiger partial charge in [-0.15, -0.1) is 0 Å². The van der Waals surface area contributed by atoms with Crippen LogP contribution in [-0.2, 0) is 30.5 Å². The number of ether oxygens (including phenoxy) is 2. The van der Waals surface area contributed by atoms with Gasteiger partial charge in [0, 0.05) is 37.1 Å². The number of nitrogens with zero attached hydrogens (tertiary/aromatic N) is 1. The van der Waals surface area contributed by atoms with Crippen LogP contribution in [0, 0.1) is 0 Å². The number of sulfone groups is 1. The van der Waals surface area contributed by atoms with Crippen molar-refractivity contribution in [2.45, 2.75) is 44.3 Å². The maximum Gasteiger partial charge on any atom is 0.224 e. The van der Waals surface area contributed by atoms with Gasteiger partial charge in [0.1, 0.15) is 0 Å². The van der Waals surface area contributed by atoms with E-state index in [2.05, 4.69) is 15.6 Å². The SMILES string of the molecule is CCOC(CCNC(=O)Cc1ccc(NC2=N[C@@H]3CS(=O)(=O)C[C@@H]3S2)cc1)OCC. The molecule has 166 valence electrons. The highest BCUT2D eigenvalue weighted by Gasteiger charge is 2.42. The summed E-state index contributed by atoms with van der Waals surface area (Å²) in [5.41, 5.74) is 1.78. The Labute approximate surface area is 182 Å². The van der Waals surface area contributed by atoms with Gasteiger partial charge in [-0.05, 0) is 31.5 Å². The molecule has 2 N–H and O–H groups in total. The van der Waals surface area contributed by atoms with Crippen molar-refractivity contribution in [1.29, 1.82) is 0 Å². The Balaban J connectivity index is 1.42. The fourth-order valence-corrected chi connectivity index (χ4v) is 7.09. The molecule has 1 aromatic carbocycles. The van der Waals surface area contributed by atoms with Gasteiger partial charge in [-0.25, -0.2) is 8.42 Å². The number of aliphatic imine (C=N–C) groups is 1. The zero-order valence-electron chi connectivity index (χ0n) is 17.3. The number of nitrogens with one attached hydrogen (secondary N) is 2. The third-order valence-electron chi connectivity index (χ3n) is 4.80. The predicted molar refractivity (Wildman–Crippen MR) is 120 cm³/mol. The first-order valence-electron chi connectivity index (χ1n) is 10.2. The van der Waals surface area contributed by atoms with Crippen LogP contribution in [0.5, 0.6) is 0 Å². The quantitative estimate of drug-likeness (QED) is 0.518. The van der Waals surface area contributed by atoms with Gasteiger partial charge >= 0.3 is 0 Å². The minimum Gasteiger partial charge on any atom is -0.356 e. The first-order valence-corrected chi connectivity index (χ1v) is 12.9. The largest absolute Gasteiger partial charge is 0.356 e. The molecule has 1 aromatic rings. The smallest absolute Gasteiger partial charge is 0.224 e. The highest BCUT2D eigenvalue weighted by atomic mass is 32.2. The Kier molecular flexibility index (Phi) is 8.15. The number of anilines is 1. The van der Waals surface area contributed by atoms with Gasteiger partial charge in [0.15, 0.2) is 21.3 Å². The fraction of sp³-hybridized carbons (Fsp3) is 0.600. The van der Waals surface area contributed by atoms with Gasteiger partial charge < -0.3 is 20.1 Å². The molecular weight excluding hydrogens is 426 g/mol. The summed E-state index contributed by atoms with van der Waals surface area (Å²) in [6.07, 6.45) is 0.618. The van der Waals surface area contributed by atoms with Crippen molar-refractivity contribution in [2.24, 2.45) is 4.99 Å². The lowest BCUT2D eigenvalue weighted by molar-refractivity contribution is -0.139. The Hall–Kier alpha value is -1.62. The molecule has 0 unspecified atom stereocenters. The van der Waals surface area contributed by atoms with Gasteiger partial charge in [-0.2, -0.15) is 0 Å². The van der Waals surface area contributed by atoms with E-state index in [0.29, 0.717) is 32.6 Å². The molecule has 2 atom stereocenters. The van der Waals surface area contributed by atoms with Gasteiger partial charge in [0.2, 0.25) is 5.91 Å². The van der Waals surface area contributed by atoms with E-state index in [9.17, 15) is 13.2 Å². The predicted octanol–water partition coefficient (Wildman–Crippen LogP) is 1.81. The lowest BCUT2D eigenvalue weighted by atomic mass is 10.1. The Morgan fingerprint density at radius 3 is 2.53 bits per heavy atom. The number of amidine groups is 1. The Morgan fingerprint density at radius 1 is 1.20 bits per heavy atom. The van der Waals surface area contributed by atoms with Crippen LogP contribution in [0.15, 0.2) is 29.3 Å². The first-order chi connectivity index (χ1) is 14.4. The minimum atomic E-state index is -2.94. The number of carbonyl (C=O) groups is 1. The standard InChI is InChI=1S/C20H29N3O5S2/c1-3-27-19(28-4-2)9-10-21-18(24)11-14-5-7-15(8-6-14)22-20-23-16-12-30(25,26)13-17(16)29-20/h5-8,16-17,19H,3-4,9-13H2,1-2H3,(H,21,24)(H,22,23)/t16-,17+/m1/s1. The molecule has 8 nitrogen and oxygen atoms in total. The topological polar surface area (TPSA) is 106 Å². The summed E-state index contributed by atoms with van der Waals surface area (Å²) >= 11 is 1.49. The molecule has 1 fully saturated rings. The van der Waals surface area contributed by atoms with Crippen LogP contribution in [0.4, 0.5) is 5.69 Å². The van der Waals surface area contributed by atoms with Crippen LogP contribution in [0.25, 0.3) is 0 Å². The van der Waals surface area contributed by atoms with Gasteiger partial charge in [-0.1, -0.05) is 23.9 Å². The zero-order chi connectivity index (χ0) is 21.6. The molecule has 1 amide bonds. The second kappa shape index (κ2) is 10.6. The molecule has 0 saturated carbocycles. The number of benzene rings is 1. The molecule has 0 aromatic heterocycles. The van der Waals surface area contributed by atoms with E-state index in [4.69, 9.17) is 9.47 Å². The van der Waals surface area contributed by atoms with Crippen LogP contribution in [0.3, 0.4) is 0 Å². The number of rotatable bonds is 10. The number of fused-ring (bicyclic) bond motifs is 1. The molecule has 2 aliphatic rings. The van der Waals surface area contributed by atoms with Crippen LogP contribution < -0.4 is 10.6 Å². The second-order valence-corrected chi connectivity index (χ2v) is 10.6. The molecule has 0 spiro atoms. The van der Waals surface area contributed by atoms with Crippen molar-refractivity contribution in [2.75, 3.05) is 36.6 Å². The highest BCUT2D eigenvalue weighted by molar-refractivity contribution is 8.15. The minimum absolute atomic E-state index is 0.0190. The van der Waals surface area contributed by atoms with Gasteiger partial charge in [-0.3, -0.25) is 9.79 Å². The summed E-state index contributed by atoms with van der Waals surface area (Å²) in [6, 6.07) is 7.45. The second-order valence-electron chi connectivity index (χ2n) is 7.21. The Morgan fingerprint density at radius 2 is 1.90 bits per heavy atom. The van der Waals surface area contributed by atoms with E-state index in [0.717, 1.165) is 16.4 Å².